The van der Waals surface area contributed by atoms with Crippen LogP contribution in [0.25, 0.3) is 0 Å². The molecule has 2 atom stereocenters. The largest absolute Gasteiger partial charge is 0.435 e. The van der Waals surface area contributed by atoms with Gasteiger partial charge in [0, 0.05) is 19.2 Å². The highest BCUT2D eigenvalue weighted by Crippen LogP contribution is 2.16. The predicted octanol–water partition coefficient (Wildman–Crippen LogP) is 2.56. The number of rotatable bonds is 5. The lowest BCUT2D eigenvalue weighted by molar-refractivity contribution is -0.0498. The first-order valence-corrected chi connectivity index (χ1v) is 6.04. The summed E-state index contributed by atoms with van der Waals surface area (Å²) in [5, 5.41) is 3.39. The molecule has 0 bridgehead atoms. The SMILES string of the molecule is CC1OCCC1NCc1ccc(OC(F)F)cc1. The molecule has 2 rings (SSSR count). The standard InChI is InChI=1S/C13H17F2NO2/c1-9-12(6-7-17-9)16-8-10-2-4-11(5-3-10)18-13(14)15/h2-5,9,12-13,16H,6-8H2,1H3. The van der Waals surface area contributed by atoms with Gasteiger partial charge in [0.1, 0.15) is 5.75 Å². The first kappa shape index (κ1) is 13.2. The zero-order chi connectivity index (χ0) is 13.0. The van der Waals surface area contributed by atoms with E-state index in [4.69, 9.17) is 4.74 Å². The molecule has 0 saturated carbocycles. The molecule has 5 heteroatoms. The summed E-state index contributed by atoms with van der Waals surface area (Å²) in [5.41, 5.74) is 1.04. The van der Waals surface area contributed by atoms with Crippen LogP contribution in [0.4, 0.5) is 8.78 Å². The summed E-state index contributed by atoms with van der Waals surface area (Å²) in [6, 6.07) is 7.04. The van der Waals surface area contributed by atoms with Gasteiger partial charge >= 0.3 is 6.61 Å². The molecule has 0 radical (unpaired) electrons. The van der Waals surface area contributed by atoms with Gasteiger partial charge in [0.2, 0.25) is 0 Å². The third kappa shape index (κ3) is 3.65. The molecular formula is C13H17F2NO2. The van der Waals surface area contributed by atoms with Crippen molar-refractivity contribution in [2.24, 2.45) is 0 Å². The molecule has 3 nitrogen and oxygen atoms in total. The van der Waals surface area contributed by atoms with E-state index in [9.17, 15) is 8.78 Å². The topological polar surface area (TPSA) is 30.5 Å². The summed E-state index contributed by atoms with van der Waals surface area (Å²) < 4.78 is 33.7. The lowest BCUT2D eigenvalue weighted by Crippen LogP contribution is -2.34. The van der Waals surface area contributed by atoms with E-state index >= 15 is 0 Å². The van der Waals surface area contributed by atoms with Crippen molar-refractivity contribution < 1.29 is 18.3 Å². The van der Waals surface area contributed by atoms with Crippen LogP contribution in [0.5, 0.6) is 5.75 Å². The highest BCUT2D eigenvalue weighted by Gasteiger charge is 2.23. The minimum atomic E-state index is -2.77. The lowest BCUT2D eigenvalue weighted by atomic mass is 10.1. The van der Waals surface area contributed by atoms with Crippen molar-refractivity contribution in [3.8, 4) is 5.75 Å². The van der Waals surface area contributed by atoms with Crippen molar-refractivity contribution in [3.63, 3.8) is 0 Å². The second-order valence-corrected chi connectivity index (χ2v) is 4.37. The van der Waals surface area contributed by atoms with Crippen molar-refractivity contribution in [3.05, 3.63) is 29.8 Å². The third-order valence-corrected chi connectivity index (χ3v) is 3.09. The van der Waals surface area contributed by atoms with E-state index in [0.29, 0.717) is 12.6 Å². The van der Waals surface area contributed by atoms with Gasteiger partial charge in [0.05, 0.1) is 6.10 Å². The first-order chi connectivity index (χ1) is 8.65. The van der Waals surface area contributed by atoms with Gasteiger partial charge in [-0.15, -0.1) is 0 Å². The molecule has 100 valence electrons. The quantitative estimate of drug-likeness (QED) is 0.879. The van der Waals surface area contributed by atoms with E-state index in [0.717, 1.165) is 18.6 Å². The zero-order valence-electron chi connectivity index (χ0n) is 10.2. The van der Waals surface area contributed by atoms with Gasteiger partial charge in [0.15, 0.2) is 0 Å². The van der Waals surface area contributed by atoms with Gasteiger partial charge in [0.25, 0.3) is 0 Å². The monoisotopic (exact) mass is 257 g/mol. The fourth-order valence-electron chi connectivity index (χ4n) is 2.04. The maximum atomic E-state index is 12.0. The molecule has 2 unspecified atom stereocenters. The molecule has 1 aromatic carbocycles. The Hall–Kier alpha value is -1.20. The molecule has 1 aliphatic heterocycles. The van der Waals surface area contributed by atoms with Crippen LogP contribution < -0.4 is 10.1 Å². The Morgan fingerprint density at radius 2 is 2.11 bits per heavy atom. The van der Waals surface area contributed by atoms with Crippen molar-refractivity contribution in [2.75, 3.05) is 6.61 Å². The highest BCUT2D eigenvalue weighted by atomic mass is 19.3. The summed E-state index contributed by atoms with van der Waals surface area (Å²) >= 11 is 0. The van der Waals surface area contributed by atoms with Crippen LogP contribution in [0.3, 0.4) is 0 Å². The normalized spacial score (nSPS) is 23.6. The number of nitrogens with one attached hydrogen (secondary N) is 1. The molecule has 1 heterocycles. The smallest absolute Gasteiger partial charge is 0.387 e. The Morgan fingerprint density at radius 3 is 2.67 bits per heavy atom. The van der Waals surface area contributed by atoms with Crippen LogP contribution in [0.2, 0.25) is 0 Å². The van der Waals surface area contributed by atoms with Crippen molar-refractivity contribution in [1.29, 1.82) is 0 Å². The number of ether oxygens (including phenoxy) is 2. The molecular weight excluding hydrogens is 240 g/mol. The van der Waals surface area contributed by atoms with E-state index in [1.165, 1.54) is 0 Å². The molecule has 1 aliphatic rings. The predicted molar refractivity (Wildman–Crippen MR) is 63.7 cm³/mol. The van der Waals surface area contributed by atoms with Crippen LogP contribution >= 0.6 is 0 Å². The van der Waals surface area contributed by atoms with Gasteiger partial charge < -0.3 is 14.8 Å². The van der Waals surface area contributed by atoms with Crippen LogP contribution in [0, 0.1) is 0 Å². The van der Waals surface area contributed by atoms with Gasteiger partial charge in [-0.05, 0) is 31.0 Å². The van der Waals surface area contributed by atoms with Crippen molar-refractivity contribution in [1.82, 2.24) is 5.32 Å². The number of hydrogen-bond acceptors (Lipinski definition) is 3. The van der Waals surface area contributed by atoms with Crippen LogP contribution in [0.1, 0.15) is 18.9 Å². The fraction of sp³-hybridized carbons (Fsp3) is 0.538. The molecule has 18 heavy (non-hydrogen) atoms. The lowest BCUT2D eigenvalue weighted by Gasteiger charge is -2.16. The highest BCUT2D eigenvalue weighted by molar-refractivity contribution is 5.27. The van der Waals surface area contributed by atoms with E-state index in [1.54, 1.807) is 24.3 Å². The van der Waals surface area contributed by atoms with Gasteiger partial charge in [-0.2, -0.15) is 8.78 Å². The Morgan fingerprint density at radius 1 is 1.39 bits per heavy atom. The van der Waals surface area contributed by atoms with E-state index in [1.807, 2.05) is 6.92 Å². The Labute approximate surface area is 105 Å². The van der Waals surface area contributed by atoms with Crippen molar-refractivity contribution in [2.45, 2.75) is 38.6 Å². The molecule has 1 saturated heterocycles. The van der Waals surface area contributed by atoms with Crippen LogP contribution in [-0.2, 0) is 11.3 Å². The Kier molecular flexibility index (Phi) is 4.49. The molecule has 1 N–H and O–H groups in total. The molecule has 0 aromatic heterocycles. The fourth-order valence-corrected chi connectivity index (χ4v) is 2.04. The maximum Gasteiger partial charge on any atom is 0.387 e. The Balaban J connectivity index is 1.82. The second kappa shape index (κ2) is 6.11. The second-order valence-electron chi connectivity index (χ2n) is 4.37. The number of alkyl halides is 2. The van der Waals surface area contributed by atoms with Gasteiger partial charge in [-0.3, -0.25) is 0 Å². The van der Waals surface area contributed by atoms with E-state index in [2.05, 4.69) is 10.1 Å². The third-order valence-electron chi connectivity index (χ3n) is 3.09. The number of halogens is 2. The summed E-state index contributed by atoms with van der Waals surface area (Å²) in [5.74, 6) is 0.186. The van der Waals surface area contributed by atoms with E-state index in [-0.39, 0.29) is 11.9 Å². The Bertz CT molecular complexity index is 370. The number of benzene rings is 1. The van der Waals surface area contributed by atoms with Crippen LogP contribution in [-0.4, -0.2) is 25.4 Å². The van der Waals surface area contributed by atoms with Crippen molar-refractivity contribution >= 4 is 0 Å². The molecule has 0 aliphatic carbocycles. The maximum absolute atomic E-state index is 12.0. The summed E-state index contributed by atoms with van der Waals surface area (Å²) in [7, 11) is 0. The minimum absolute atomic E-state index is 0.186. The zero-order valence-corrected chi connectivity index (χ0v) is 10.2. The molecule has 1 fully saturated rings. The average Bonchev–Trinajstić information content (AvgIpc) is 2.73. The number of hydrogen-bond donors (Lipinski definition) is 1. The summed E-state index contributed by atoms with van der Waals surface area (Å²) in [6.07, 6.45) is 1.24. The summed E-state index contributed by atoms with van der Waals surface area (Å²) in [6.45, 7) is 0.767. The van der Waals surface area contributed by atoms with Crippen LogP contribution in [0.15, 0.2) is 24.3 Å². The average molecular weight is 257 g/mol. The summed E-state index contributed by atoms with van der Waals surface area (Å²) in [4.78, 5) is 0. The van der Waals surface area contributed by atoms with Gasteiger partial charge in [-0.25, -0.2) is 0 Å². The molecule has 1 aromatic rings. The van der Waals surface area contributed by atoms with E-state index < -0.39 is 6.61 Å². The molecule has 0 amide bonds. The first-order valence-electron chi connectivity index (χ1n) is 6.04. The minimum Gasteiger partial charge on any atom is -0.435 e. The van der Waals surface area contributed by atoms with Gasteiger partial charge in [-0.1, -0.05) is 12.1 Å². The molecule has 0 spiro atoms.